The Bertz CT molecular complexity index is 629. The van der Waals surface area contributed by atoms with Crippen LogP contribution >= 0.6 is 15.9 Å². The lowest BCUT2D eigenvalue weighted by molar-refractivity contribution is -0.137. The van der Waals surface area contributed by atoms with Crippen molar-refractivity contribution in [3.05, 3.63) is 46.3 Å². The van der Waals surface area contributed by atoms with Crippen molar-refractivity contribution in [3.8, 4) is 11.3 Å². The minimum atomic E-state index is -0.787. The van der Waals surface area contributed by atoms with Crippen LogP contribution in [0.2, 0.25) is 0 Å². The number of hydrogen-bond donors (Lipinski definition) is 1. The second kappa shape index (κ2) is 6.61. The van der Waals surface area contributed by atoms with Crippen LogP contribution in [0, 0.1) is 6.92 Å². The third-order valence-electron chi connectivity index (χ3n) is 2.81. The number of rotatable bonds is 5. The van der Waals surface area contributed by atoms with E-state index in [1.807, 2.05) is 37.3 Å². The second-order valence-electron chi connectivity index (χ2n) is 4.57. The average molecular weight is 335 g/mol. The van der Waals surface area contributed by atoms with Crippen molar-refractivity contribution < 1.29 is 9.90 Å². The number of carboxylic acid groups (broad SMARTS) is 1. The van der Waals surface area contributed by atoms with Gasteiger partial charge in [-0.2, -0.15) is 0 Å². The van der Waals surface area contributed by atoms with Gasteiger partial charge in [0, 0.05) is 28.6 Å². The van der Waals surface area contributed by atoms with Gasteiger partial charge in [0.1, 0.15) is 5.82 Å². The molecule has 0 unspecified atom stereocenters. The summed E-state index contributed by atoms with van der Waals surface area (Å²) in [6, 6.07) is 9.85. The van der Waals surface area contributed by atoms with Crippen LogP contribution in [0.4, 0.5) is 0 Å². The Kier molecular flexibility index (Phi) is 4.84. The molecule has 0 aliphatic heterocycles. The highest BCUT2D eigenvalue weighted by Gasteiger charge is 2.06. The molecule has 4 nitrogen and oxygen atoms in total. The first kappa shape index (κ1) is 14.7. The molecule has 1 heterocycles. The molecular weight excluding hydrogens is 320 g/mol. The fraction of sp³-hybridized carbons (Fsp3) is 0.267. The monoisotopic (exact) mass is 334 g/mol. The molecule has 0 aliphatic carbocycles. The van der Waals surface area contributed by atoms with Crippen LogP contribution in [-0.4, -0.2) is 21.0 Å². The second-order valence-corrected chi connectivity index (χ2v) is 5.48. The summed E-state index contributed by atoms with van der Waals surface area (Å²) < 4.78 is 0.999. The normalized spacial score (nSPS) is 10.5. The molecule has 0 saturated carbocycles. The van der Waals surface area contributed by atoms with E-state index >= 15 is 0 Å². The van der Waals surface area contributed by atoms with E-state index in [4.69, 9.17) is 5.11 Å². The first-order valence-electron chi connectivity index (χ1n) is 6.37. The molecule has 2 aromatic rings. The molecule has 0 aliphatic rings. The lowest BCUT2D eigenvalue weighted by Crippen LogP contribution is -2.02. The highest BCUT2D eigenvalue weighted by molar-refractivity contribution is 9.10. The van der Waals surface area contributed by atoms with Crippen molar-refractivity contribution >= 4 is 21.9 Å². The third-order valence-corrected chi connectivity index (χ3v) is 3.31. The van der Waals surface area contributed by atoms with Crippen molar-refractivity contribution in [3.63, 3.8) is 0 Å². The number of aryl methyl sites for hydroxylation is 2. The van der Waals surface area contributed by atoms with Crippen LogP contribution in [0.15, 0.2) is 34.8 Å². The average Bonchev–Trinajstić information content (AvgIpc) is 2.37. The molecule has 1 aromatic heterocycles. The molecule has 20 heavy (non-hydrogen) atoms. The molecule has 1 aromatic carbocycles. The number of carbonyl (C=O) groups is 1. The SMILES string of the molecule is Cc1cc(-c2cccc(Br)c2)nc(CCCC(=O)O)n1. The number of aromatic nitrogens is 2. The number of aliphatic carboxylic acids is 1. The Morgan fingerprint density at radius 3 is 2.80 bits per heavy atom. The van der Waals surface area contributed by atoms with Gasteiger partial charge in [0.25, 0.3) is 0 Å². The predicted molar refractivity (Wildman–Crippen MR) is 80.5 cm³/mol. The van der Waals surface area contributed by atoms with Gasteiger partial charge < -0.3 is 5.11 Å². The van der Waals surface area contributed by atoms with Gasteiger partial charge in [0.2, 0.25) is 0 Å². The Hall–Kier alpha value is -1.75. The van der Waals surface area contributed by atoms with E-state index in [-0.39, 0.29) is 6.42 Å². The van der Waals surface area contributed by atoms with Gasteiger partial charge in [0.05, 0.1) is 5.69 Å². The fourth-order valence-corrected chi connectivity index (χ4v) is 2.33. The van der Waals surface area contributed by atoms with Crippen molar-refractivity contribution in [2.45, 2.75) is 26.2 Å². The van der Waals surface area contributed by atoms with Crippen molar-refractivity contribution in [2.24, 2.45) is 0 Å². The smallest absolute Gasteiger partial charge is 0.303 e. The van der Waals surface area contributed by atoms with Crippen LogP contribution in [0.3, 0.4) is 0 Å². The quantitative estimate of drug-likeness (QED) is 0.906. The fourth-order valence-electron chi connectivity index (χ4n) is 1.94. The van der Waals surface area contributed by atoms with Gasteiger partial charge in [-0.05, 0) is 31.5 Å². The molecule has 0 bridgehead atoms. The third kappa shape index (κ3) is 4.13. The molecule has 0 amide bonds. The Morgan fingerprint density at radius 1 is 1.30 bits per heavy atom. The molecule has 2 rings (SSSR count). The first-order chi connectivity index (χ1) is 9.54. The van der Waals surface area contributed by atoms with Crippen LogP contribution in [-0.2, 0) is 11.2 Å². The molecule has 0 spiro atoms. The van der Waals surface area contributed by atoms with E-state index in [1.54, 1.807) is 0 Å². The number of benzene rings is 1. The summed E-state index contributed by atoms with van der Waals surface area (Å²) in [7, 11) is 0. The van der Waals surface area contributed by atoms with Crippen LogP contribution < -0.4 is 0 Å². The highest BCUT2D eigenvalue weighted by Crippen LogP contribution is 2.22. The van der Waals surface area contributed by atoms with Gasteiger partial charge in [-0.1, -0.05) is 28.1 Å². The number of nitrogens with zero attached hydrogens (tertiary/aromatic N) is 2. The summed E-state index contributed by atoms with van der Waals surface area (Å²) >= 11 is 3.45. The van der Waals surface area contributed by atoms with E-state index < -0.39 is 5.97 Å². The van der Waals surface area contributed by atoms with E-state index in [1.165, 1.54) is 0 Å². The van der Waals surface area contributed by atoms with Gasteiger partial charge in [-0.15, -0.1) is 0 Å². The zero-order chi connectivity index (χ0) is 14.5. The minimum absolute atomic E-state index is 0.142. The van der Waals surface area contributed by atoms with Crippen molar-refractivity contribution in [1.29, 1.82) is 0 Å². The maximum absolute atomic E-state index is 10.5. The number of carboxylic acids is 1. The van der Waals surface area contributed by atoms with Gasteiger partial charge in [0.15, 0.2) is 0 Å². The van der Waals surface area contributed by atoms with Crippen molar-refractivity contribution in [2.75, 3.05) is 0 Å². The Balaban J connectivity index is 2.22. The lowest BCUT2D eigenvalue weighted by Gasteiger charge is -2.06. The molecule has 0 atom stereocenters. The summed E-state index contributed by atoms with van der Waals surface area (Å²) in [4.78, 5) is 19.4. The van der Waals surface area contributed by atoms with Gasteiger partial charge >= 0.3 is 5.97 Å². The summed E-state index contributed by atoms with van der Waals surface area (Å²) in [5.41, 5.74) is 2.77. The molecule has 0 fully saturated rings. The summed E-state index contributed by atoms with van der Waals surface area (Å²) in [6.45, 7) is 1.92. The molecule has 0 saturated heterocycles. The zero-order valence-electron chi connectivity index (χ0n) is 11.1. The van der Waals surface area contributed by atoms with E-state index in [9.17, 15) is 4.79 Å². The Morgan fingerprint density at radius 2 is 2.10 bits per heavy atom. The number of hydrogen-bond acceptors (Lipinski definition) is 3. The lowest BCUT2D eigenvalue weighted by atomic mass is 10.1. The topological polar surface area (TPSA) is 63.1 Å². The predicted octanol–water partition coefficient (Wildman–Crippen LogP) is 3.62. The molecule has 104 valence electrons. The van der Waals surface area contributed by atoms with Gasteiger partial charge in [-0.3, -0.25) is 4.79 Å². The van der Waals surface area contributed by atoms with Crippen molar-refractivity contribution in [1.82, 2.24) is 9.97 Å². The standard InChI is InChI=1S/C15H15BrN2O2/c1-10-8-13(11-4-2-5-12(16)9-11)18-14(17-10)6-3-7-15(19)20/h2,4-5,8-9H,3,6-7H2,1H3,(H,19,20). The summed E-state index contributed by atoms with van der Waals surface area (Å²) in [5.74, 6) is -0.0916. The van der Waals surface area contributed by atoms with E-state index in [2.05, 4.69) is 25.9 Å². The maximum Gasteiger partial charge on any atom is 0.303 e. The number of halogens is 1. The molecule has 1 N–H and O–H groups in total. The first-order valence-corrected chi connectivity index (χ1v) is 7.16. The van der Waals surface area contributed by atoms with Crippen LogP contribution in [0.25, 0.3) is 11.3 Å². The summed E-state index contributed by atoms with van der Waals surface area (Å²) in [6.07, 6.45) is 1.27. The maximum atomic E-state index is 10.5. The van der Waals surface area contributed by atoms with E-state index in [0.717, 1.165) is 21.4 Å². The molecule has 0 radical (unpaired) electrons. The van der Waals surface area contributed by atoms with Crippen LogP contribution in [0.1, 0.15) is 24.4 Å². The van der Waals surface area contributed by atoms with Crippen LogP contribution in [0.5, 0.6) is 0 Å². The zero-order valence-corrected chi connectivity index (χ0v) is 12.7. The van der Waals surface area contributed by atoms with E-state index in [0.29, 0.717) is 18.7 Å². The largest absolute Gasteiger partial charge is 0.481 e. The summed E-state index contributed by atoms with van der Waals surface area (Å²) in [5, 5.41) is 8.66. The Labute approximate surface area is 126 Å². The minimum Gasteiger partial charge on any atom is -0.481 e. The molecule has 5 heteroatoms. The van der Waals surface area contributed by atoms with Gasteiger partial charge in [-0.25, -0.2) is 9.97 Å². The highest BCUT2D eigenvalue weighted by atomic mass is 79.9. The molecular formula is C15H15BrN2O2.